The maximum absolute atomic E-state index is 8.72. The maximum Gasteiger partial charge on any atom is 0.173 e. The number of halogens is 1. The van der Waals surface area contributed by atoms with Crippen LogP contribution in [0.4, 0.5) is 0 Å². The molecule has 0 aliphatic rings. The Kier molecular flexibility index (Phi) is 6.66. The van der Waals surface area contributed by atoms with Gasteiger partial charge < -0.3 is 20.4 Å². The monoisotopic (exact) mass is 330 g/mol. The summed E-state index contributed by atoms with van der Waals surface area (Å²) >= 11 is 3.35. The molecule has 0 heterocycles. The summed E-state index contributed by atoms with van der Waals surface area (Å²) in [4.78, 5) is 0. The van der Waals surface area contributed by atoms with Crippen LogP contribution in [0, 0.1) is 5.92 Å². The minimum absolute atomic E-state index is 0.0191. The molecule has 0 unspecified atom stereocenters. The molecule has 0 saturated heterocycles. The molecule has 19 heavy (non-hydrogen) atoms. The van der Waals surface area contributed by atoms with Gasteiger partial charge in [-0.1, -0.05) is 34.9 Å². The molecule has 1 rings (SSSR count). The lowest BCUT2D eigenvalue weighted by Gasteiger charge is -2.12. The van der Waals surface area contributed by atoms with E-state index in [1.807, 2.05) is 0 Å². The third-order valence-corrected chi connectivity index (χ3v) is 2.76. The van der Waals surface area contributed by atoms with E-state index in [2.05, 4.69) is 34.9 Å². The molecule has 0 aliphatic carbocycles. The largest absolute Gasteiger partial charge is 0.490 e. The Morgan fingerprint density at radius 2 is 2.16 bits per heavy atom. The molecule has 0 radical (unpaired) electrons. The van der Waals surface area contributed by atoms with Gasteiger partial charge in [0.15, 0.2) is 5.84 Å². The molecule has 0 amide bonds. The van der Waals surface area contributed by atoms with Gasteiger partial charge in [0, 0.05) is 11.1 Å². The van der Waals surface area contributed by atoms with Crippen molar-refractivity contribution in [2.24, 2.45) is 16.8 Å². The molecular weight excluding hydrogens is 312 g/mol. The number of benzene rings is 1. The maximum atomic E-state index is 8.72. The van der Waals surface area contributed by atoms with Crippen LogP contribution in [-0.2, 0) is 4.74 Å². The summed E-state index contributed by atoms with van der Waals surface area (Å²) in [5.41, 5.74) is 6.14. The first-order chi connectivity index (χ1) is 9.04. The summed E-state index contributed by atoms with van der Waals surface area (Å²) < 4.78 is 11.9. The molecule has 0 fully saturated rings. The Bertz CT molecular complexity index is 436. The number of rotatable bonds is 7. The SMILES string of the molecule is CC(C)COCCOc1cc(Br)ccc1/C(N)=N/O. The third kappa shape index (κ3) is 5.48. The van der Waals surface area contributed by atoms with Crippen LogP contribution in [0.25, 0.3) is 0 Å². The van der Waals surface area contributed by atoms with Gasteiger partial charge in [0.05, 0.1) is 12.2 Å². The van der Waals surface area contributed by atoms with E-state index >= 15 is 0 Å². The zero-order chi connectivity index (χ0) is 14.3. The predicted octanol–water partition coefficient (Wildman–Crippen LogP) is 2.60. The first kappa shape index (κ1) is 15.8. The summed E-state index contributed by atoms with van der Waals surface area (Å²) in [6.45, 7) is 5.79. The van der Waals surface area contributed by atoms with Crippen molar-refractivity contribution < 1.29 is 14.7 Å². The topological polar surface area (TPSA) is 77.1 Å². The minimum atomic E-state index is 0.0191. The predicted molar refractivity (Wildman–Crippen MR) is 77.8 cm³/mol. The van der Waals surface area contributed by atoms with Crippen LogP contribution in [0.2, 0.25) is 0 Å². The Morgan fingerprint density at radius 1 is 1.42 bits per heavy atom. The average molecular weight is 331 g/mol. The van der Waals surface area contributed by atoms with Gasteiger partial charge in [-0.3, -0.25) is 0 Å². The lowest BCUT2D eigenvalue weighted by molar-refractivity contribution is 0.0818. The van der Waals surface area contributed by atoms with E-state index in [1.165, 1.54) is 0 Å². The fourth-order valence-electron chi connectivity index (χ4n) is 1.41. The lowest BCUT2D eigenvalue weighted by Crippen LogP contribution is -2.16. The molecule has 0 bridgehead atoms. The molecule has 5 nitrogen and oxygen atoms in total. The molecule has 0 atom stereocenters. The van der Waals surface area contributed by atoms with Gasteiger partial charge in [-0.05, 0) is 24.1 Å². The standard InChI is InChI=1S/C13H19BrN2O3/c1-9(2)8-18-5-6-19-12-7-10(14)3-4-11(12)13(15)16-17/h3-4,7,9,17H,5-6,8H2,1-2H3,(H2,15,16). The molecule has 106 valence electrons. The van der Waals surface area contributed by atoms with Crippen LogP contribution in [0.1, 0.15) is 19.4 Å². The van der Waals surface area contributed by atoms with Crippen molar-refractivity contribution in [1.29, 1.82) is 0 Å². The summed E-state index contributed by atoms with van der Waals surface area (Å²) in [6.07, 6.45) is 0. The van der Waals surface area contributed by atoms with Gasteiger partial charge in [0.2, 0.25) is 0 Å². The Labute approximate surface area is 121 Å². The van der Waals surface area contributed by atoms with Gasteiger partial charge in [0.1, 0.15) is 12.4 Å². The number of amidine groups is 1. The van der Waals surface area contributed by atoms with Crippen LogP contribution < -0.4 is 10.5 Å². The van der Waals surface area contributed by atoms with Gasteiger partial charge in [0.25, 0.3) is 0 Å². The highest BCUT2D eigenvalue weighted by molar-refractivity contribution is 9.10. The normalized spacial score (nSPS) is 11.9. The van der Waals surface area contributed by atoms with E-state index in [0.29, 0.717) is 37.1 Å². The van der Waals surface area contributed by atoms with Crippen molar-refractivity contribution in [3.8, 4) is 5.75 Å². The Balaban J connectivity index is 2.59. The minimum Gasteiger partial charge on any atom is -0.490 e. The molecular formula is C13H19BrN2O3. The second-order valence-electron chi connectivity index (χ2n) is 4.44. The molecule has 6 heteroatoms. The summed E-state index contributed by atoms with van der Waals surface area (Å²) in [5.74, 6) is 1.07. The number of nitrogens with two attached hydrogens (primary N) is 1. The van der Waals surface area contributed by atoms with Crippen molar-refractivity contribution in [3.05, 3.63) is 28.2 Å². The second kappa shape index (κ2) is 8.01. The van der Waals surface area contributed by atoms with Crippen molar-refractivity contribution in [1.82, 2.24) is 0 Å². The summed E-state index contributed by atoms with van der Waals surface area (Å²) in [7, 11) is 0. The van der Waals surface area contributed by atoms with Crippen LogP contribution in [0.15, 0.2) is 27.8 Å². The molecule has 0 spiro atoms. The zero-order valence-corrected chi connectivity index (χ0v) is 12.7. The second-order valence-corrected chi connectivity index (χ2v) is 5.36. The van der Waals surface area contributed by atoms with Crippen molar-refractivity contribution in [2.75, 3.05) is 19.8 Å². The number of hydrogen-bond acceptors (Lipinski definition) is 4. The van der Waals surface area contributed by atoms with Gasteiger partial charge >= 0.3 is 0 Å². The number of nitrogens with zero attached hydrogens (tertiary/aromatic N) is 1. The first-order valence-electron chi connectivity index (χ1n) is 6.02. The van der Waals surface area contributed by atoms with Crippen LogP contribution in [0.5, 0.6) is 5.75 Å². The highest BCUT2D eigenvalue weighted by Crippen LogP contribution is 2.23. The van der Waals surface area contributed by atoms with Crippen LogP contribution >= 0.6 is 15.9 Å². The number of hydrogen-bond donors (Lipinski definition) is 2. The van der Waals surface area contributed by atoms with Gasteiger partial charge in [-0.15, -0.1) is 0 Å². The summed E-state index contributed by atoms with van der Waals surface area (Å²) in [6, 6.07) is 5.30. The highest BCUT2D eigenvalue weighted by Gasteiger charge is 2.09. The fourth-order valence-corrected chi connectivity index (χ4v) is 1.75. The third-order valence-electron chi connectivity index (χ3n) is 2.26. The highest BCUT2D eigenvalue weighted by atomic mass is 79.9. The summed E-state index contributed by atoms with van der Waals surface area (Å²) in [5, 5.41) is 11.7. The van der Waals surface area contributed by atoms with Crippen molar-refractivity contribution in [3.63, 3.8) is 0 Å². The van der Waals surface area contributed by atoms with Gasteiger partial charge in [-0.2, -0.15) is 0 Å². The lowest BCUT2D eigenvalue weighted by atomic mass is 10.2. The average Bonchev–Trinajstić information content (AvgIpc) is 2.37. The molecule has 3 N–H and O–H groups in total. The van der Waals surface area contributed by atoms with Crippen molar-refractivity contribution in [2.45, 2.75) is 13.8 Å². The first-order valence-corrected chi connectivity index (χ1v) is 6.82. The molecule has 1 aromatic carbocycles. The molecule has 0 saturated carbocycles. The number of ether oxygens (including phenoxy) is 2. The quantitative estimate of drug-likeness (QED) is 0.265. The zero-order valence-electron chi connectivity index (χ0n) is 11.1. The van der Waals surface area contributed by atoms with Gasteiger partial charge in [-0.25, -0.2) is 0 Å². The molecule has 0 aliphatic heterocycles. The van der Waals surface area contributed by atoms with Crippen LogP contribution in [-0.4, -0.2) is 30.9 Å². The van der Waals surface area contributed by atoms with E-state index in [-0.39, 0.29) is 5.84 Å². The van der Waals surface area contributed by atoms with E-state index in [0.717, 1.165) is 4.47 Å². The fraction of sp³-hybridized carbons (Fsp3) is 0.462. The van der Waals surface area contributed by atoms with Crippen molar-refractivity contribution >= 4 is 21.8 Å². The van der Waals surface area contributed by atoms with E-state index < -0.39 is 0 Å². The Hall–Kier alpha value is -1.27. The van der Waals surface area contributed by atoms with E-state index in [9.17, 15) is 0 Å². The molecule has 1 aromatic rings. The Morgan fingerprint density at radius 3 is 2.79 bits per heavy atom. The van der Waals surface area contributed by atoms with E-state index in [4.69, 9.17) is 20.4 Å². The molecule has 0 aromatic heterocycles. The van der Waals surface area contributed by atoms with Crippen LogP contribution in [0.3, 0.4) is 0 Å². The number of oxime groups is 1. The van der Waals surface area contributed by atoms with E-state index in [1.54, 1.807) is 18.2 Å². The smallest absolute Gasteiger partial charge is 0.173 e.